The second-order valence-electron chi connectivity index (χ2n) is 8.07. The number of hydrogen-bond donors (Lipinski definition) is 2. The van der Waals surface area contributed by atoms with E-state index < -0.39 is 0 Å². The highest BCUT2D eigenvalue weighted by Gasteiger charge is 2.16. The third-order valence-corrected chi connectivity index (χ3v) is 5.72. The quantitative estimate of drug-likeness (QED) is 0.506. The molecular weight excluding hydrogens is 402 g/mol. The summed E-state index contributed by atoms with van der Waals surface area (Å²) in [5.41, 5.74) is 3.36. The average molecular weight is 434 g/mol. The fourth-order valence-corrected chi connectivity index (χ4v) is 3.87. The van der Waals surface area contributed by atoms with Crippen LogP contribution in [0.2, 0.25) is 0 Å². The van der Waals surface area contributed by atoms with Gasteiger partial charge in [0.1, 0.15) is 12.7 Å². The molecule has 0 unspecified atom stereocenters. The van der Waals surface area contributed by atoms with Crippen LogP contribution in [0.1, 0.15) is 17.5 Å². The highest BCUT2D eigenvalue weighted by Crippen LogP contribution is 2.09. The fraction of sp³-hybridized carbons (Fsp3) is 0.375. The van der Waals surface area contributed by atoms with Crippen LogP contribution in [0.3, 0.4) is 0 Å². The Labute approximate surface area is 189 Å². The number of aromatic nitrogens is 3. The highest BCUT2D eigenvalue weighted by atomic mass is 16.2. The number of rotatable bonds is 9. The predicted octanol–water partition coefficient (Wildman–Crippen LogP) is 2.27. The number of urea groups is 1. The van der Waals surface area contributed by atoms with E-state index in [0.29, 0.717) is 13.1 Å². The van der Waals surface area contributed by atoms with E-state index in [4.69, 9.17) is 0 Å². The van der Waals surface area contributed by atoms with Crippen molar-refractivity contribution >= 4 is 6.03 Å². The Balaban J connectivity index is 1.06. The smallest absolute Gasteiger partial charge is 0.315 e. The molecule has 2 N–H and O–H groups in total. The predicted molar refractivity (Wildman–Crippen MR) is 124 cm³/mol. The summed E-state index contributed by atoms with van der Waals surface area (Å²) in [5, 5.41) is 9.98. The first-order chi connectivity index (χ1) is 15.8. The lowest BCUT2D eigenvalue weighted by atomic mass is 10.2. The van der Waals surface area contributed by atoms with Crippen LogP contribution in [0.5, 0.6) is 0 Å². The topological polar surface area (TPSA) is 78.3 Å². The first-order valence-corrected chi connectivity index (χ1v) is 11.2. The summed E-state index contributed by atoms with van der Waals surface area (Å²) in [6.45, 7) is 7.58. The summed E-state index contributed by atoms with van der Waals surface area (Å²) < 4.78 is 1.70. The first kappa shape index (κ1) is 22.0. The molecule has 168 valence electrons. The van der Waals surface area contributed by atoms with Gasteiger partial charge in [0.05, 0.1) is 5.69 Å². The van der Waals surface area contributed by atoms with Crippen molar-refractivity contribution in [3.63, 3.8) is 0 Å². The fourth-order valence-electron chi connectivity index (χ4n) is 3.87. The maximum atomic E-state index is 12.1. The molecule has 1 aromatic heterocycles. The summed E-state index contributed by atoms with van der Waals surface area (Å²) in [6.07, 6.45) is 4.12. The Kier molecular flexibility index (Phi) is 7.84. The molecule has 2 aromatic carbocycles. The molecule has 3 aromatic rings. The van der Waals surface area contributed by atoms with Crippen molar-refractivity contribution in [3.05, 3.63) is 78.4 Å². The minimum atomic E-state index is -0.127. The second-order valence-corrected chi connectivity index (χ2v) is 8.07. The molecule has 0 radical (unpaired) electrons. The van der Waals surface area contributed by atoms with Gasteiger partial charge in [0, 0.05) is 45.8 Å². The minimum absolute atomic E-state index is 0.127. The molecule has 1 saturated heterocycles. The highest BCUT2D eigenvalue weighted by molar-refractivity contribution is 5.73. The van der Waals surface area contributed by atoms with Gasteiger partial charge in [0.2, 0.25) is 0 Å². The van der Waals surface area contributed by atoms with Crippen LogP contribution in [0.15, 0.2) is 67.3 Å². The molecule has 0 atom stereocenters. The third-order valence-electron chi connectivity index (χ3n) is 5.72. The van der Waals surface area contributed by atoms with Crippen LogP contribution in [0.25, 0.3) is 5.69 Å². The van der Waals surface area contributed by atoms with Crippen molar-refractivity contribution in [1.82, 2.24) is 35.2 Å². The molecule has 1 aliphatic heterocycles. The van der Waals surface area contributed by atoms with Gasteiger partial charge in [0.25, 0.3) is 0 Å². The lowest BCUT2D eigenvalue weighted by Crippen LogP contribution is -2.46. The van der Waals surface area contributed by atoms with E-state index >= 15 is 0 Å². The Morgan fingerprint density at radius 1 is 0.875 bits per heavy atom. The van der Waals surface area contributed by atoms with Gasteiger partial charge in [-0.25, -0.2) is 14.5 Å². The monoisotopic (exact) mass is 433 g/mol. The Hall–Kier alpha value is -3.23. The second kappa shape index (κ2) is 11.4. The average Bonchev–Trinajstić information content (AvgIpc) is 3.38. The van der Waals surface area contributed by atoms with Crippen LogP contribution in [-0.4, -0.2) is 69.9 Å². The van der Waals surface area contributed by atoms with Crippen molar-refractivity contribution in [2.24, 2.45) is 0 Å². The van der Waals surface area contributed by atoms with Gasteiger partial charge in [-0.2, -0.15) is 5.10 Å². The van der Waals surface area contributed by atoms with Crippen LogP contribution >= 0.6 is 0 Å². The van der Waals surface area contributed by atoms with Crippen LogP contribution < -0.4 is 10.6 Å². The number of amides is 2. The van der Waals surface area contributed by atoms with E-state index in [-0.39, 0.29) is 6.03 Å². The van der Waals surface area contributed by atoms with Crippen LogP contribution in [0, 0.1) is 0 Å². The van der Waals surface area contributed by atoms with Gasteiger partial charge in [-0.3, -0.25) is 4.90 Å². The van der Waals surface area contributed by atoms with Gasteiger partial charge >= 0.3 is 6.03 Å². The molecule has 32 heavy (non-hydrogen) atoms. The van der Waals surface area contributed by atoms with Gasteiger partial charge in [-0.15, -0.1) is 0 Å². The number of carbonyl (C=O) groups excluding carboxylic acids is 1. The summed E-state index contributed by atoms with van der Waals surface area (Å²) in [4.78, 5) is 21.0. The van der Waals surface area contributed by atoms with Crippen molar-refractivity contribution in [1.29, 1.82) is 0 Å². The van der Waals surface area contributed by atoms with E-state index in [1.165, 1.54) is 11.9 Å². The number of nitrogens with one attached hydrogen (secondary N) is 2. The van der Waals surface area contributed by atoms with Gasteiger partial charge in [-0.05, 0) is 36.2 Å². The van der Waals surface area contributed by atoms with E-state index in [9.17, 15) is 4.79 Å². The molecule has 0 bridgehead atoms. The minimum Gasteiger partial charge on any atom is -0.338 e. The Bertz CT molecular complexity index is 936. The molecule has 8 nitrogen and oxygen atoms in total. The normalized spacial score (nSPS) is 14.9. The third kappa shape index (κ3) is 6.63. The molecule has 0 saturated carbocycles. The first-order valence-electron chi connectivity index (χ1n) is 11.2. The van der Waals surface area contributed by atoms with Gasteiger partial charge in [0.15, 0.2) is 0 Å². The maximum Gasteiger partial charge on any atom is 0.315 e. The van der Waals surface area contributed by atoms with Gasteiger partial charge < -0.3 is 15.5 Å². The number of benzene rings is 2. The zero-order chi connectivity index (χ0) is 22.0. The Morgan fingerprint density at radius 2 is 1.62 bits per heavy atom. The zero-order valence-electron chi connectivity index (χ0n) is 18.4. The molecule has 1 aliphatic rings. The van der Waals surface area contributed by atoms with Crippen molar-refractivity contribution in [3.8, 4) is 5.69 Å². The molecule has 1 fully saturated rings. The van der Waals surface area contributed by atoms with E-state index in [1.807, 2.05) is 24.3 Å². The summed E-state index contributed by atoms with van der Waals surface area (Å²) in [6, 6.07) is 18.4. The lowest BCUT2D eigenvalue weighted by Gasteiger charge is -2.34. The SMILES string of the molecule is O=C(NCCCN1CCN(Cc2ccccc2)CC1)NCc1ccc(-n2cncn2)cc1. The number of carbonyl (C=O) groups is 1. The summed E-state index contributed by atoms with van der Waals surface area (Å²) in [5.74, 6) is 0. The van der Waals surface area contributed by atoms with Crippen molar-refractivity contribution in [2.75, 3.05) is 39.3 Å². The van der Waals surface area contributed by atoms with Crippen molar-refractivity contribution < 1.29 is 4.79 Å². The van der Waals surface area contributed by atoms with Crippen molar-refractivity contribution in [2.45, 2.75) is 19.5 Å². The molecule has 2 heterocycles. The summed E-state index contributed by atoms with van der Waals surface area (Å²) in [7, 11) is 0. The molecule has 0 spiro atoms. The Morgan fingerprint density at radius 3 is 2.34 bits per heavy atom. The number of nitrogens with zero attached hydrogens (tertiary/aromatic N) is 5. The van der Waals surface area contributed by atoms with E-state index in [2.05, 4.69) is 60.8 Å². The lowest BCUT2D eigenvalue weighted by molar-refractivity contribution is 0.126. The largest absolute Gasteiger partial charge is 0.338 e. The van der Waals surface area contributed by atoms with Crippen LogP contribution in [-0.2, 0) is 13.1 Å². The summed E-state index contributed by atoms with van der Waals surface area (Å²) >= 11 is 0. The molecular formula is C24H31N7O. The molecule has 4 rings (SSSR count). The van der Waals surface area contributed by atoms with Gasteiger partial charge in [-0.1, -0.05) is 42.5 Å². The zero-order valence-corrected chi connectivity index (χ0v) is 18.4. The van der Waals surface area contributed by atoms with E-state index in [0.717, 1.165) is 56.9 Å². The number of hydrogen-bond acceptors (Lipinski definition) is 5. The molecule has 0 aliphatic carbocycles. The maximum absolute atomic E-state index is 12.1. The van der Waals surface area contributed by atoms with Crippen LogP contribution in [0.4, 0.5) is 4.79 Å². The molecule has 8 heteroatoms. The standard InChI is InChI=1S/C24H31N7O/c32-24(27-17-21-7-9-23(10-8-21)31-20-25-19-28-31)26-11-4-12-29-13-15-30(16-14-29)18-22-5-2-1-3-6-22/h1-3,5-10,19-20H,4,11-18H2,(H2,26,27,32). The molecule has 2 amide bonds. The number of piperazine rings is 1. The van der Waals surface area contributed by atoms with E-state index in [1.54, 1.807) is 11.0 Å².